The van der Waals surface area contributed by atoms with Crippen molar-refractivity contribution >= 4 is 17.8 Å². The molecule has 0 fully saturated rings. The Morgan fingerprint density at radius 2 is 2.08 bits per heavy atom. The molecule has 0 saturated heterocycles. The van der Waals surface area contributed by atoms with E-state index in [0.29, 0.717) is 12.5 Å². The van der Waals surface area contributed by atoms with Gasteiger partial charge in [0.05, 0.1) is 0 Å². The number of likely N-dealkylation sites (N-methyl/N-ethyl adjacent to an activating group) is 1. The average Bonchev–Trinajstić information content (AvgIpc) is 2.28. The number of hydrogen-bond donors (Lipinski definition) is 1. The predicted molar refractivity (Wildman–Crippen MR) is 48.4 cm³/mol. The minimum Gasteiger partial charge on any atom is -0.355 e. The van der Waals surface area contributed by atoms with Crippen molar-refractivity contribution in [1.82, 2.24) is 10.2 Å². The van der Waals surface area contributed by atoms with Crippen LogP contribution in [0.1, 0.15) is 13.8 Å². The van der Waals surface area contributed by atoms with Gasteiger partial charge in [0.25, 0.3) is 5.91 Å². The molecule has 0 aliphatic carbocycles. The highest BCUT2D eigenvalue weighted by Gasteiger charge is 2.26. The van der Waals surface area contributed by atoms with E-state index in [1.165, 1.54) is 0 Å². The maximum Gasteiger partial charge on any atom is 0.350 e. The van der Waals surface area contributed by atoms with Crippen molar-refractivity contribution in [2.24, 2.45) is 10.9 Å². The fourth-order valence-corrected chi connectivity index (χ4v) is 1.22. The molecule has 5 heteroatoms. The Kier molecular flexibility index (Phi) is 2.65. The number of rotatable bonds is 2. The lowest BCUT2D eigenvalue weighted by Gasteiger charge is -2.18. The Labute approximate surface area is 76.8 Å². The summed E-state index contributed by atoms with van der Waals surface area (Å²) in [4.78, 5) is 27.1. The summed E-state index contributed by atoms with van der Waals surface area (Å²) in [5, 5.41) is 2.10. The Balaban J connectivity index is 2.66. The molecule has 72 valence electrons. The highest BCUT2D eigenvalue weighted by Crippen LogP contribution is 2.01. The van der Waals surface area contributed by atoms with Crippen molar-refractivity contribution in [3.8, 4) is 0 Å². The summed E-state index contributed by atoms with van der Waals surface area (Å²) in [7, 11) is 1.75. The monoisotopic (exact) mass is 183 g/mol. The molecule has 0 unspecified atom stereocenters. The molecule has 13 heavy (non-hydrogen) atoms. The van der Waals surface area contributed by atoms with Crippen LogP contribution in [-0.4, -0.2) is 36.3 Å². The summed E-state index contributed by atoms with van der Waals surface area (Å²) in [6, 6.07) is -0.574. The van der Waals surface area contributed by atoms with Gasteiger partial charge in [0.2, 0.25) is 0 Å². The fraction of sp³-hybridized carbons (Fsp3) is 0.625. The summed E-state index contributed by atoms with van der Waals surface area (Å²) in [5.74, 6) is 0.225. The highest BCUT2D eigenvalue weighted by molar-refractivity contribution is 6.45. The van der Waals surface area contributed by atoms with Gasteiger partial charge < -0.3 is 4.90 Å². The third kappa shape index (κ3) is 2.27. The fourth-order valence-electron chi connectivity index (χ4n) is 1.22. The number of nitrogens with zero attached hydrogens (tertiary/aromatic N) is 2. The van der Waals surface area contributed by atoms with Gasteiger partial charge in [-0.15, -0.1) is 0 Å². The van der Waals surface area contributed by atoms with Crippen molar-refractivity contribution in [2.75, 3.05) is 13.6 Å². The second-order valence-corrected chi connectivity index (χ2v) is 3.47. The van der Waals surface area contributed by atoms with Crippen LogP contribution in [0, 0.1) is 5.92 Å². The molecule has 0 bridgehead atoms. The smallest absolute Gasteiger partial charge is 0.350 e. The molecule has 5 nitrogen and oxygen atoms in total. The number of carbonyl (C=O) groups is 2. The van der Waals surface area contributed by atoms with Crippen LogP contribution in [-0.2, 0) is 4.79 Å². The van der Waals surface area contributed by atoms with E-state index in [1.807, 2.05) is 13.8 Å². The Morgan fingerprint density at radius 3 is 2.46 bits per heavy atom. The van der Waals surface area contributed by atoms with Crippen LogP contribution in [0.3, 0.4) is 0 Å². The van der Waals surface area contributed by atoms with Gasteiger partial charge >= 0.3 is 6.03 Å². The number of hydrogen-bond acceptors (Lipinski definition) is 3. The first kappa shape index (κ1) is 9.70. The van der Waals surface area contributed by atoms with Crippen LogP contribution < -0.4 is 5.32 Å². The molecule has 1 aliphatic heterocycles. The molecule has 1 rings (SSSR count). The van der Waals surface area contributed by atoms with Crippen LogP contribution in [0.2, 0.25) is 0 Å². The number of urea groups is 1. The summed E-state index contributed by atoms with van der Waals surface area (Å²) in [6.45, 7) is 4.77. The summed E-state index contributed by atoms with van der Waals surface area (Å²) < 4.78 is 0. The van der Waals surface area contributed by atoms with E-state index in [0.717, 1.165) is 0 Å². The molecule has 0 aromatic carbocycles. The summed E-state index contributed by atoms with van der Waals surface area (Å²) in [6.07, 6.45) is 0. The van der Waals surface area contributed by atoms with E-state index in [4.69, 9.17) is 0 Å². The Morgan fingerprint density at radius 1 is 1.46 bits per heavy atom. The quantitative estimate of drug-likeness (QED) is 0.666. The van der Waals surface area contributed by atoms with Gasteiger partial charge in [0.15, 0.2) is 5.84 Å². The average molecular weight is 183 g/mol. The summed E-state index contributed by atoms with van der Waals surface area (Å²) >= 11 is 0. The minimum absolute atomic E-state index is 0.207. The molecule has 0 atom stereocenters. The Bertz CT molecular complexity index is 271. The molecule has 0 spiro atoms. The van der Waals surface area contributed by atoms with Crippen LogP contribution >= 0.6 is 0 Å². The standard InChI is InChI=1S/C8H13N3O2/c1-5(2)4-11(3)6-7(12)10-8(13)9-6/h5H,4H2,1-3H3,(H,10,12,13). The van der Waals surface area contributed by atoms with E-state index < -0.39 is 11.9 Å². The number of amidine groups is 1. The van der Waals surface area contributed by atoms with Crippen molar-refractivity contribution in [1.29, 1.82) is 0 Å². The van der Waals surface area contributed by atoms with Gasteiger partial charge in [-0.25, -0.2) is 4.79 Å². The molecular weight excluding hydrogens is 170 g/mol. The number of imide groups is 1. The lowest BCUT2D eigenvalue weighted by atomic mass is 10.2. The number of aliphatic imine (C=N–C) groups is 1. The van der Waals surface area contributed by atoms with E-state index in [-0.39, 0.29) is 5.84 Å². The third-order valence-corrected chi connectivity index (χ3v) is 1.63. The zero-order valence-corrected chi connectivity index (χ0v) is 8.00. The van der Waals surface area contributed by atoms with Gasteiger partial charge in [0.1, 0.15) is 0 Å². The van der Waals surface area contributed by atoms with Crippen molar-refractivity contribution < 1.29 is 9.59 Å². The number of amides is 3. The zero-order chi connectivity index (χ0) is 10.0. The van der Waals surface area contributed by atoms with Crippen LogP contribution in [0.25, 0.3) is 0 Å². The van der Waals surface area contributed by atoms with Gasteiger partial charge in [-0.3, -0.25) is 10.1 Å². The SMILES string of the molecule is CC(C)CN(C)C1=NC(=O)NC1=O. The highest BCUT2D eigenvalue weighted by atomic mass is 16.2. The van der Waals surface area contributed by atoms with Crippen LogP contribution in [0.5, 0.6) is 0 Å². The second kappa shape index (κ2) is 3.55. The van der Waals surface area contributed by atoms with Crippen LogP contribution in [0.15, 0.2) is 4.99 Å². The maximum atomic E-state index is 11.1. The molecule has 0 radical (unpaired) electrons. The van der Waals surface area contributed by atoms with Crippen molar-refractivity contribution in [2.45, 2.75) is 13.8 Å². The predicted octanol–water partition coefficient (Wildman–Crippen LogP) is 0.222. The second-order valence-electron chi connectivity index (χ2n) is 3.47. The number of carbonyl (C=O) groups excluding carboxylic acids is 2. The minimum atomic E-state index is -0.574. The molecule has 3 amide bonds. The molecule has 1 aliphatic rings. The molecule has 0 aromatic heterocycles. The van der Waals surface area contributed by atoms with Gasteiger partial charge in [0, 0.05) is 13.6 Å². The third-order valence-electron chi connectivity index (χ3n) is 1.63. The van der Waals surface area contributed by atoms with Gasteiger partial charge in [-0.2, -0.15) is 4.99 Å². The summed E-state index contributed by atoms with van der Waals surface area (Å²) in [5.41, 5.74) is 0. The molecular formula is C8H13N3O2. The van der Waals surface area contributed by atoms with Crippen LogP contribution in [0.4, 0.5) is 4.79 Å². The van der Waals surface area contributed by atoms with E-state index in [2.05, 4.69) is 10.3 Å². The molecule has 1 N–H and O–H groups in total. The van der Waals surface area contributed by atoms with Gasteiger partial charge in [-0.1, -0.05) is 13.8 Å². The normalized spacial score (nSPS) is 16.2. The first-order chi connectivity index (χ1) is 6.00. The lowest BCUT2D eigenvalue weighted by Crippen LogP contribution is -2.37. The number of nitrogens with one attached hydrogen (secondary N) is 1. The molecule has 1 heterocycles. The van der Waals surface area contributed by atoms with E-state index in [1.54, 1.807) is 11.9 Å². The molecule has 0 saturated carbocycles. The largest absolute Gasteiger partial charge is 0.355 e. The first-order valence-corrected chi connectivity index (χ1v) is 4.16. The van der Waals surface area contributed by atoms with E-state index in [9.17, 15) is 9.59 Å². The first-order valence-electron chi connectivity index (χ1n) is 4.16. The maximum absolute atomic E-state index is 11.1. The van der Waals surface area contributed by atoms with Gasteiger partial charge in [-0.05, 0) is 5.92 Å². The van der Waals surface area contributed by atoms with Crippen molar-refractivity contribution in [3.05, 3.63) is 0 Å². The van der Waals surface area contributed by atoms with Crippen molar-refractivity contribution in [3.63, 3.8) is 0 Å². The molecule has 0 aromatic rings. The Hall–Kier alpha value is -1.39. The zero-order valence-electron chi connectivity index (χ0n) is 8.00. The topological polar surface area (TPSA) is 61.8 Å². The van der Waals surface area contributed by atoms with E-state index >= 15 is 0 Å². The lowest BCUT2D eigenvalue weighted by molar-refractivity contribution is -0.114.